The predicted molar refractivity (Wildman–Crippen MR) is 87.8 cm³/mol. The molecule has 0 bridgehead atoms. The number of benzene rings is 1. The summed E-state index contributed by atoms with van der Waals surface area (Å²) >= 11 is 0. The van der Waals surface area contributed by atoms with Crippen molar-refractivity contribution in [2.75, 3.05) is 20.2 Å². The lowest BCUT2D eigenvalue weighted by Gasteiger charge is -2.16. The number of rotatable bonds is 7. The van der Waals surface area contributed by atoms with Gasteiger partial charge in [-0.3, -0.25) is 4.99 Å². The second-order valence-corrected chi connectivity index (χ2v) is 5.15. The van der Waals surface area contributed by atoms with Gasteiger partial charge in [-0.2, -0.15) is 0 Å². The normalized spacial score (nSPS) is 15.2. The van der Waals surface area contributed by atoms with E-state index in [9.17, 15) is 0 Å². The number of hydrogen-bond donors (Lipinski definition) is 2. The van der Waals surface area contributed by atoms with Gasteiger partial charge in [0.05, 0.1) is 6.61 Å². The molecule has 0 radical (unpaired) electrons. The Morgan fingerprint density at radius 2 is 1.95 bits per heavy atom. The zero-order valence-corrected chi connectivity index (χ0v) is 12.7. The van der Waals surface area contributed by atoms with E-state index < -0.39 is 0 Å². The highest BCUT2D eigenvalue weighted by molar-refractivity contribution is 5.80. The van der Waals surface area contributed by atoms with Crippen LogP contribution in [0.2, 0.25) is 0 Å². The minimum Gasteiger partial charge on any atom is -0.494 e. The Labute approximate surface area is 127 Å². The molecule has 4 nitrogen and oxygen atoms in total. The molecule has 21 heavy (non-hydrogen) atoms. The highest BCUT2D eigenvalue weighted by Gasteiger charge is 2.10. The first-order valence-corrected chi connectivity index (χ1v) is 7.68. The van der Waals surface area contributed by atoms with Gasteiger partial charge >= 0.3 is 0 Å². The van der Waals surface area contributed by atoms with Crippen molar-refractivity contribution in [2.45, 2.75) is 31.7 Å². The van der Waals surface area contributed by atoms with Crippen molar-refractivity contribution in [1.29, 1.82) is 0 Å². The average molecular weight is 287 g/mol. The van der Waals surface area contributed by atoms with Gasteiger partial charge in [-0.15, -0.1) is 0 Å². The molecule has 0 amide bonds. The largest absolute Gasteiger partial charge is 0.494 e. The fourth-order valence-corrected chi connectivity index (χ4v) is 2.26. The van der Waals surface area contributed by atoms with Crippen LogP contribution in [0.4, 0.5) is 0 Å². The quantitative estimate of drug-likeness (QED) is 0.351. The molecule has 0 aromatic heterocycles. The smallest absolute Gasteiger partial charge is 0.191 e. The number of ether oxygens (including phenoxy) is 1. The van der Waals surface area contributed by atoms with Crippen molar-refractivity contribution in [3.8, 4) is 5.75 Å². The summed E-state index contributed by atoms with van der Waals surface area (Å²) in [7, 11) is 1.82. The number of aliphatic imine (C=N–C) groups is 1. The van der Waals surface area contributed by atoms with Crippen molar-refractivity contribution in [3.05, 3.63) is 42.5 Å². The predicted octanol–water partition coefficient (Wildman–Crippen LogP) is 2.73. The van der Waals surface area contributed by atoms with Gasteiger partial charge in [0, 0.05) is 19.6 Å². The molecule has 0 saturated carbocycles. The molecule has 0 aliphatic heterocycles. The van der Waals surface area contributed by atoms with E-state index in [1.165, 1.54) is 0 Å². The van der Waals surface area contributed by atoms with E-state index in [-0.39, 0.29) is 0 Å². The number of hydrogen-bond acceptors (Lipinski definition) is 2. The van der Waals surface area contributed by atoms with Crippen LogP contribution >= 0.6 is 0 Å². The molecule has 2 rings (SSSR count). The highest BCUT2D eigenvalue weighted by atomic mass is 16.5. The Bertz CT molecular complexity index is 448. The van der Waals surface area contributed by atoms with Crippen LogP contribution in [0.1, 0.15) is 25.7 Å². The topological polar surface area (TPSA) is 45.7 Å². The van der Waals surface area contributed by atoms with E-state index in [1.54, 1.807) is 0 Å². The standard InChI is InChI=1S/C17H25N3O/c1-18-17(20-15-9-5-6-10-15)19-13-7-8-14-21-16-11-3-2-4-12-16/h2-6,11-12,15H,7-10,13-14H2,1H3,(H2,18,19,20). The van der Waals surface area contributed by atoms with Gasteiger partial charge in [0.2, 0.25) is 0 Å². The van der Waals surface area contributed by atoms with Gasteiger partial charge in [0.1, 0.15) is 5.75 Å². The number of nitrogens with one attached hydrogen (secondary N) is 2. The molecule has 0 atom stereocenters. The zero-order chi connectivity index (χ0) is 14.8. The summed E-state index contributed by atoms with van der Waals surface area (Å²) in [4.78, 5) is 4.25. The van der Waals surface area contributed by atoms with E-state index in [4.69, 9.17) is 4.74 Å². The van der Waals surface area contributed by atoms with Crippen LogP contribution < -0.4 is 15.4 Å². The Hall–Kier alpha value is -1.97. The van der Waals surface area contributed by atoms with Gasteiger partial charge in [-0.05, 0) is 37.8 Å². The van der Waals surface area contributed by atoms with Crippen molar-refractivity contribution in [1.82, 2.24) is 10.6 Å². The van der Waals surface area contributed by atoms with E-state index in [0.717, 1.165) is 50.5 Å². The molecule has 0 fully saturated rings. The Morgan fingerprint density at radius 1 is 1.19 bits per heavy atom. The van der Waals surface area contributed by atoms with Crippen LogP contribution in [0.15, 0.2) is 47.5 Å². The average Bonchev–Trinajstić information content (AvgIpc) is 3.03. The number of unbranched alkanes of at least 4 members (excludes halogenated alkanes) is 1. The Morgan fingerprint density at radius 3 is 2.67 bits per heavy atom. The first kappa shape index (κ1) is 15.4. The molecule has 0 spiro atoms. The summed E-state index contributed by atoms with van der Waals surface area (Å²) < 4.78 is 5.67. The molecule has 0 unspecified atom stereocenters. The van der Waals surface area contributed by atoms with Crippen molar-refractivity contribution >= 4 is 5.96 Å². The van der Waals surface area contributed by atoms with Crippen molar-refractivity contribution < 1.29 is 4.74 Å². The van der Waals surface area contributed by atoms with Gasteiger partial charge in [0.15, 0.2) is 5.96 Å². The molecule has 2 N–H and O–H groups in total. The number of para-hydroxylation sites is 1. The van der Waals surface area contributed by atoms with Gasteiger partial charge in [0.25, 0.3) is 0 Å². The Kier molecular flexibility index (Phi) is 6.65. The third kappa shape index (κ3) is 5.90. The lowest BCUT2D eigenvalue weighted by Crippen LogP contribution is -2.42. The second-order valence-electron chi connectivity index (χ2n) is 5.15. The summed E-state index contributed by atoms with van der Waals surface area (Å²) in [5.74, 6) is 1.84. The molecule has 4 heteroatoms. The lowest BCUT2D eigenvalue weighted by molar-refractivity contribution is 0.307. The van der Waals surface area contributed by atoms with Crippen LogP contribution in [0.25, 0.3) is 0 Å². The minimum absolute atomic E-state index is 0.498. The van der Waals surface area contributed by atoms with Gasteiger partial charge in [-0.25, -0.2) is 0 Å². The van der Waals surface area contributed by atoms with Gasteiger partial charge in [-0.1, -0.05) is 30.4 Å². The molecule has 0 heterocycles. The summed E-state index contributed by atoms with van der Waals surface area (Å²) in [5.41, 5.74) is 0. The van der Waals surface area contributed by atoms with Crippen LogP contribution in [0.5, 0.6) is 5.75 Å². The van der Waals surface area contributed by atoms with Crippen molar-refractivity contribution in [2.24, 2.45) is 4.99 Å². The molecule has 1 aliphatic rings. The molecule has 114 valence electrons. The first-order valence-electron chi connectivity index (χ1n) is 7.68. The third-order valence-electron chi connectivity index (χ3n) is 3.45. The number of nitrogens with zero attached hydrogens (tertiary/aromatic N) is 1. The van der Waals surface area contributed by atoms with E-state index in [1.807, 2.05) is 37.4 Å². The molecular formula is C17H25N3O. The SMILES string of the molecule is CN=C(NCCCCOc1ccccc1)NC1CC=CC1. The molecule has 0 saturated heterocycles. The third-order valence-corrected chi connectivity index (χ3v) is 3.45. The van der Waals surface area contributed by atoms with Crippen molar-refractivity contribution in [3.63, 3.8) is 0 Å². The maximum absolute atomic E-state index is 5.67. The van der Waals surface area contributed by atoms with Crippen LogP contribution in [0.3, 0.4) is 0 Å². The fraction of sp³-hybridized carbons (Fsp3) is 0.471. The zero-order valence-electron chi connectivity index (χ0n) is 12.7. The second kappa shape index (κ2) is 9.06. The maximum atomic E-state index is 5.67. The summed E-state index contributed by atoms with van der Waals surface area (Å²) in [6, 6.07) is 10.4. The highest BCUT2D eigenvalue weighted by Crippen LogP contribution is 2.09. The summed E-state index contributed by atoms with van der Waals surface area (Å²) in [6.45, 7) is 1.67. The summed E-state index contributed by atoms with van der Waals surface area (Å²) in [6.07, 6.45) is 8.70. The summed E-state index contributed by atoms with van der Waals surface area (Å²) in [5, 5.41) is 6.78. The molecular weight excluding hydrogens is 262 g/mol. The maximum Gasteiger partial charge on any atom is 0.191 e. The van der Waals surface area contributed by atoms with E-state index >= 15 is 0 Å². The van der Waals surface area contributed by atoms with Crippen LogP contribution in [0, 0.1) is 0 Å². The lowest BCUT2D eigenvalue weighted by atomic mass is 10.2. The minimum atomic E-state index is 0.498. The fourth-order valence-electron chi connectivity index (χ4n) is 2.26. The number of guanidine groups is 1. The van der Waals surface area contributed by atoms with E-state index in [0.29, 0.717) is 6.04 Å². The Balaban J connectivity index is 1.52. The first-order chi connectivity index (χ1) is 10.4. The monoisotopic (exact) mass is 287 g/mol. The molecule has 1 aliphatic carbocycles. The van der Waals surface area contributed by atoms with Gasteiger partial charge < -0.3 is 15.4 Å². The van der Waals surface area contributed by atoms with Crippen LogP contribution in [-0.2, 0) is 0 Å². The van der Waals surface area contributed by atoms with E-state index in [2.05, 4.69) is 27.8 Å². The van der Waals surface area contributed by atoms with Crippen LogP contribution in [-0.4, -0.2) is 32.2 Å². The molecule has 1 aromatic rings. The molecule has 1 aromatic carbocycles.